The minimum Gasteiger partial charge on any atom is -0.406 e. The number of hydrogen-bond donors (Lipinski definition) is 2. The van der Waals surface area contributed by atoms with Crippen molar-refractivity contribution in [2.24, 2.45) is 0 Å². The fourth-order valence-electron chi connectivity index (χ4n) is 3.29. The zero-order valence-corrected chi connectivity index (χ0v) is 15.5. The van der Waals surface area contributed by atoms with Crippen molar-refractivity contribution < 1.29 is 27.4 Å². The minimum atomic E-state index is -4.74. The minimum absolute atomic E-state index is 0.0732. The smallest absolute Gasteiger partial charge is 0.406 e. The van der Waals surface area contributed by atoms with Gasteiger partial charge >= 0.3 is 12.4 Å². The molecule has 2 amide bonds. The largest absolute Gasteiger partial charge is 0.573 e. The molecule has 0 bridgehead atoms. The zero-order valence-electron chi connectivity index (χ0n) is 14.7. The maximum atomic E-state index is 12.2. The van der Waals surface area contributed by atoms with E-state index in [-0.39, 0.29) is 17.3 Å². The number of anilines is 1. The molecule has 0 radical (unpaired) electrons. The molecule has 2 N–H and O–H groups in total. The van der Waals surface area contributed by atoms with Gasteiger partial charge in [-0.25, -0.2) is 4.79 Å². The Bertz CT molecular complexity index is 631. The Morgan fingerprint density at radius 2 is 1.96 bits per heavy atom. The maximum absolute atomic E-state index is 12.2. The van der Waals surface area contributed by atoms with Crippen molar-refractivity contribution >= 4 is 23.5 Å². The lowest BCUT2D eigenvalue weighted by atomic mass is 9.95. The van der Waals surface area contributed by atoms with Crippen molar-refractivity contribution in [2.75, 3.05) is 49.7 Å². The van der Waals surface area contributed by atoms with Gasteiger partial charge in [0.05, 0.1) is 13.2 Å². The Hall–Kier alpha value is -1.65. The molecule has 150 valence electrons. The third-order valence-electron chi connectivity index (χ3n) is 4.69. The summed E-state index contributed by atoms with van der Waals surface area (Å²) in [7, 11) is 0. The lowest BCUT2D eigenvalue weighted by Gasteiger charge is -2.43. The number of nitrogens with zero attached hydrogens (tertiary/aromatic N) is 1. The predicted octanol–water partition coefficient (Wildman–Crippen LogP) is 2.91. The number of rotatable bonds is 5. The van der Waals surface area contributed by atoms with Gasteiger partial charge in [0.1, 0.15) is 5.75 Å². The number of ether oxygens (including phenoxy) is 2. The SMILES string of the molecule is O=C(NCC1(N2CCOCC2)CCSC1)Nc1ccc(OC(F)(F)F)cc1. The highest BCUT2D eigenvalue weighted by Crippen LogP contribution is 2.33. The highest BCUT2D eigenvalue weighted by atomic mass is 32.2. The van der Waals surface area contributed by atoms with Crippen molar-refractivity contribution in [3.63, 3.8) is 0 Å². The Balaban J connectivity index is 1.52. The molecular weight excluding hydrogens is 383 g/mol. The standard InChI is InChI=1S/C17H22F3N3O3S/c18-17(19,20)26-14-3-1-13(2-4-14)22-15(24)21-11-16(5-10-27-12-16)23-6-8-25-9-7-23/h1-4H,5-12H2,(H2,21,22,24). The van der Waals surface area contributed by atoms with Crippen LogP contribution in [-0.2, 0) is 4.74 Å². The zero-order chi connectivity index (χ0) is 19.3. The van der Waals surface area contributed by atoms with Crippen LogP contribution in [0.15, 0.2) is 24.3 Å². The number of urea groups is 1. The first kappa shape index (κ1) is 20.1. The van der Waals surface area contributed by atoms with E-state index >= 15 is 0 Å². The number of amides is 2. The van der Waals surface area contributed by atoms with Gasteiger partial charge in [0.15, 0.2) is 0 Å². The summed E-state index contributed by atoms with van der Waals surface area (Å²) in [6, 6.07) is 4.66. The van der Waals surface area contributed by atoms with Crippen molar-refractivity contribution in [1.29, 1.82) is 0 Å². The first-order valence-electron chi connectivity index (χ1n) is 8.68. The molecule has 2 aliphatic rings. The maximum Gasteiger partial charge on any atom is 0.573 e. The van der Waals surface area contributed by atoms with Crippen LogP contribution in [0.2, 0.25) is 0 Å². The van der Waals surface area contributed by atoms with Gasteiger partial charge in [0.25, 0.3) is 0 Å². The Labute approximate surface area is 159 Å². The normalized spacial score (nSPS) is 23.8. The highest BCUT2D eigenvalue weighted by Gasteiger charge is 2.40. The molecule has 0 saturated carbocycles. The molecule has 2 heterocycles. The Morgan fingerprint density at radius 1 is 1.26 bits per heavy atom. The second kappa shape index (κ2) is 8.57. The summed E-state index contributed by atoms with van der Waals surface area (Å²) in [5.41, 5.74) is 0.319. The van der Waals surface area contributed by atoms with Crippen LogP contribution >= 0.6 is 11.8 Å². The van der Waals surface area contributed by atoms with Crippen molar-refractivity contribution in [2.45, 2.75) is 18.3 Å². The Morgan fingerprint density at radius 3 is 2.56 bits per heavy atom. The molecule has 10 heteroatoms. The molecular formula is C17H22F3N3O3S. The summed E-state index contributed by atoms with van der Waals surface area (Å²) < 4.78 is 45.8. The Kier molecular flexibility index (Phi) is 6.38. The number of carbonyl (C=O) groups is 1. The van der Waals surface area contributed by atoms with Crippen LogP contribution in [0.5, 0.6) is 5.75 Å². The lowest BCUT2D eigenvalue weighted by molar-refractivity contribution is -0.274. The molecule has 2 fully saturated rings. The first-order valence-corrected chi connectivity index (χ1v) is 9.83. The fraction of sp³-hybridized carbons (Fsp3) is 0.588. The molecule has 1 aromatic carbocycles. The summed E-state index contributed by atoms with van der Waals surface area (Å²) in [5.74, 6) is 1.68. The third-order valence-corrected chi connectivity index (χ3v) is 5.92. The molecule has 1 atom stereocenters. The van der Waals surface area contributed by atoms with Gasteiger partial charge in [-0.2, -0.15) is 11.8 Å². The van der Waals surface area contributed by atoms with E-state index in [2.05, 4.69) is 20.3 Å². The molecule has 27 heavy (non-hydrogen) atoms. The molecule has 3 rings (SSSR count). The number of alkyl halides is 3. The fourth-order valence-corrected chi connectivity index (χ4v) is 4.77. The van der Waals surface area contributed by atoms with Crippen LogP contribution in [0, 0.1) is 0 Å². The van der Waals surface area contributed by atoms with E-state index < -0.39 is 6.36 Å². The number of carbonyl (C=O) groups excluding carboxylic acids is 1. The van der Waals surface area contributed by atoms with Crippen LogP contribution < -0.4 is 15.4 Å². The number of benzene rings is 1. The summed E-state index contributed by atoms with van der Waals surface area (Å²) in [6.45, 7) is 3.62. The molecule has 2 aliphatic heterocycles. The van der Waals surface area contributed by atoms with Crippen LogP contribution in [-0.4, -0.2) is 67.2 Å². The van der Waals surface area contributed by atoms with E-state index in [0.717, 1.165) is 43.1 Å². The van der Waals surface area contributed by atoms with Crippen molar-refractivity contribution in [1.82, 2.24) is 10.2 Å². The molecule has 0 aliphatic carbocycles. The first-order chi connectivity index (χ1) is 12.9. The monoisotopic (exact) mass is 405 g/mol. The quantitative estimate of drug-likeness (QED) is 0.789. The average Bonchev–Trinajstić information content (AvgIpc) is 3.12. The van der Waals surface area contributed by atoms with E-state index in [4.69, 9.17) is 4.74 Å². The molecule has 0 aromatic heterocycles. The number of hydrogen-bond acceptors (Lipinski definition) is 5. The van der Waals surface area contributed by atoms with Gasteiger partial charge in [-0.15, -0.1) is 13.2 Å². The van der Waals surface area contributed by atoms with Crippen molar-refractivity contribution in [3.8, 4) is 5.75 Å². The molecule has 0 spiro atoms. The second-order valence-electron chi connectivity index (χ2n) is 6.51. The highest BCUT2D eigenvalue weighted by molar-refractivity contribution is 7.99. The molecule has 1 unspecified atom stereocenters. The van der Waals surface area contributed by atoms with Gasteiger partial charge in [-0.1, -0.05) is 0 Å². The van der Waals surface area contributed by atoms with Gasteiger partial charge in [-0.3, -0.25) is 4.90 Å². The van der Waals surface area contributed by atoms with Crippen LogP contribution in [0.4, 0.5) is 23.7 Å². The van der Waals surface area contributed by atoms with Gasteiger partial charge in [0.2, 0.25) is 0 Å². The topological polar surface area (TPSA) is 62.8 Å². The second-order valence-corrected chi connectivity index (χ2v) is 7.61. The summed E-state index contributed by atoms with van der Waals surface area (Å²) in [4.78, 5) is 14.6. The van der Waals surface area contributed by atoms with E-state index in [9.17, 15) is 18.0 Å². The number of morpholine rings is 1. The third kappa shape index (κ3) is 5.66. The summed E-state index contributed by atoms with van der Waals surface area (Å²) >= 11 is 1.88. The van der Waals surface area contributed by atoms with E-state index in [0.29, 0.717) is 25.4 Å². The summed E-state index contributed by atoms with van der Waals surface area (Å²) in [6.07, 6.45) is -3.74. The van der Waals surface area contributed by atoms with Crippen molar-refractivity contribution in [3.05, 3.63) is 24.3 Å². The molecule has 2 saturated heterocycles. The van der Waals surface area contributed by atoms with Gasteiger partial charge in [0, 0.05) is 36.6 Å². The van der Waals surface area contributed by atoms with Gasteiger partial charge < -0.3 is 20.1 Å². The van der Waals surface area contributed by atoms with E-state index in [1.807, 2.05) is 11.8 Å². The molecule has 1 aromatic rings. The van der Waals surface area contributed by atoms with Crippen LogP contribution in [0.3, 0.4) is 0 Å². The number of halogens is 3. The van der Waals surface area contributed by atoms with Gasteiger partial charge in [-0.05, 0) is 36.4 Å². The van der Waals surface area contributed by atoms with Crippen LogP contribution in [0.25, 0.3) is 0 Å². The average molecular weight is 405 g/mol. The predicted molar refractivity (Wildman–Crippen MR) is 97.2 cm³/mol. The van der Waals surface area contributed by atoms with E-state index in [1.165, 1.54) is 12.1 Å². The van der Waals surface area contributed by atoms with E-state index in [1.54, 1.807) is 0 Å². The molecule has 6 nitrogen and oxygen atoms in total. The number of thioether (sulfide) groups is 1. The summed E-state index contributed by atoms with van der Waals surface area (Å²) in [5, 5.41) is 5.55. The van der Waals surface area contributed by atoms with Crippen LogP contribution in [0.1, 0.15) is 6.42 Å². The number of nitrogens with one attached hydrogen (secondary N) is 2. The lowest BCUT2D eigenvalue weighted by Crippen LogP contribution is -2.59.